The van der Waals surface area contributed by atoms with Gasteiger partial charge in [-0.15, -0.1) is 5.92 Å². The SMILES string of the molecule is C.C.C.CC#C[C@]1(O)CC[C@H]2[C@@H]3CCC4=CC(=O)CCC4=C3[C@@H](c3ccc(O)cc3)C[C@@]21C.S.S.S.S. The van der Waals surface area contributed by atoms with E-state index in [0.29, 0.717) is 18.3 Å². The molecule has 0 aromatic heterocycles. The van der Waals surface area contributed by atoms with E-state index in [1.165, 1.54) is 22.3 Å². The minimum Gasteiger partial charge on any atom is -0.508 e. The van der Waals surface area contributed by atoms with Gasteiger partial charge in [-0.3, -0.25) is 4.79 Å². The molecule has 5 rings (SSSR count). The van der Waals surface area contributed by atoms with Crippen molar-refractivity contribution in [1.82, 2.24) is 0 Å². The Morgan fingerprint density at radius 3 is 2.16 bits per heavy atom. The van der Waals surface area contributed by atoms with Crippen LogP contribution in [-0.4, -0.2) is 21.6 Å². The fraction of sp³-hybridized carbons (Fsp3) is 0.567. The fourth-order valence-corrected chi connectivity index (χ4v) is 7.08. The molecule has 7 heteroatoms. The molecule has 0 amide bonds. The van der Waals surface area contributed by atoms with Crippen LogP contribution in [0.25, 0.3) is 0 Å². The van der Waals surface area contributed by atoms with Crippen LogP contribution in [0, 0.1) is 29.1 Å². The van der Waals surface area contributed by atoms with Gasteiger partial charge in [0.05, 0.1) is 0 Å². The van der Waals surface area contributed by atoms with Crippen molar-refractivity contribution in [2.45, 2.75) is 92.6 Å². The molecule has 0 heterocycles. The number of carbonyl (C=O) groups is 1. The van der Waals surface area contributed by atoms with Crippen LogP contribution in [0.3, 0.4) is 0 Å². The van der Waals surface area contributed by atoms with Gasteiger partial charge < -0.3 is 10.2 Å². The number of hydrogen-bond acceptors (Lipinski definition) is 3. The first-order chi connectivity index (χ1) is 14.4. The highest BCUT2D eigenvalue weighted by Crippen LogP contribution is 2.66. The number of aromatic hydroxyl groups is 1. The molecule has 2 N–H and O–H groups in total. The Labute approximate surface area is 253 Å². The Morgan fingerprint density at radius 2 is 1.57 bits per heavy atom. The van der Waals surface area contributed by atoms with Crippen LogP contribution in [-0.2, 0) is 4.79 Å². The highest BCUT2D eigenvalue weighted by Gasteiger charge is 2.62. The van der Waals surface area contributed by atoms with Crippen molar-refractivity contribution in [3.05, 3.63) is 52.6 Å². The third kappa shape index (κ3) is 6.47. The first-order valence-electron chi connectivity index (χ1n) is 11.3. The van der Waals surface area contributed by atoms with E-state index >= 15 is 0 Å². The molecule has 1 aromatic carbocycles. The Balaban J connectivity index is -0.00000165. The number of aliphatic hydroxyl groups is 1. The molecule has 0 unspecified atom stereocenters. The van der Waals surface area contributed by atoms with Crippen LogP contribution in [0.4, 0.5) is 0 Å². The van der Waals surface area contributed by atoms with Crippen LogP contribution in [0.5, 0.6) is 5.75 Å². The lowest BCUT2D eigenvalue weighted by Crippen LogP contribution is -2.51. The number of benzene rings is 1. The molecule has 212 valence electrons. The van der Waals surface area contributed by atoms with Gasteiger partial charge >= 0.3 is 0 Å². The molecular formula is C30H50O3S4. The molecular weight excluding hydrogens is 537 g/mol. The summed E-state index contributed by atoms with van der Waals surface area (Å²) in [5, 5.41) is 21.5. The molecule has 4 aliphatic carbocycles. The lowest BCUT2D eigenvalue weighted by atomic mass is 9.51. The zero-order valence-corrected chi connectivity index (χ0v) is 23.9. The van der Waals surface area contributed by atoms with Crippen LogP contribution in [0.2, 0.25) is 0 Å². The van der Waals surface area contributed by atoms with Crippen molar-refractivity contribution in [3.63, 3.8) is 0 Å². The van der Waals surface area contributed by atoms with Gasteiger partial charge in [-0.2, -0.15) is 54.0 Å². The summed E-state index contributed by atoms with van der Waals surface area (Å²) in [6.07, 6.45) is 7.92. The van der Waals surface area contributed by atoms with Crippen molar-refractivity contribution >= 4 is 59.8 Å². The summed E-state index contributed by atoms with van der Waals surface area (Å²) in [6, 6.07) is 7.58. The second-order valence-corrected chi connectivity index (χ2v) is 9.86. The minimum atomic E-state index is -0.948. The van der Waals surface area contributed by atoms with Gasteiger partial charge in [0.25, 0.3) is 0 Å². The van der Waals surface area contributed by atoms with Crippen molar-refractivity contribution in [2.75, 3.05) is 0 Å². The molecule has 5 atom stereocenters. The first kappa shape index (κ1) is 40.6. The second-order valence-electron chi connectivity index (χ2n) is 9.86. The minimum absolute atomic E-state index is 0. The monoisotopic (exact) mass is 586 g/mol. The van der Waals surface area contributed by atoms with Gasteiger partial charge in [0, 0.05) is 17.8 Å². The molecule has 2 saturated carbocycles. The molecule has 2 fully saturated rings. The molecule has 1 aromatic rings. The van der Waals surface area contributed by atoms with Gasteiger partial charge in [0.1, 0.15) is 11.4 Å². The summed E-state index contributed by atoms with van der Waals surface area (Å²) in [7, 11) is 0. The third-order valence-electron chi connectivity index (χ3n) is 8.51. The maximum Gasteiger partial charge on any atom is 0.156 e. The van der Waals surface area contributed by atoms with Crippen LogP contribution < -0.4 is 0 Å². The van der Waals surface area contributed by atoms with E-state index in [-0.39, 0.29) is 99.1 Å². The zero-order chi connectivity index (χ0) is 21.1. The van der Waals surface area contributed by atoms with Crippen molar-refractivity contribution in [2.24, 2.45) is 17.3 Å². The molecule has 3 nitrogen and oxygen atoms in total. The third-order valence-corrected chi connectivity index (χ3v) is 8.51. The van der Waals surface area contributed by atoms with E-state index in [4.69, 9.17) is 0 Å². The second kappa shape index (κ2) is 15.0. The molecule has 0 saturated heterocycles. The summed E-state index contributed by atoms with van der Waals surface area (Å²) in [4.78, 5) is 12.1. The molecule has 37 heavy (non-hydrogen) atoms. The molecule has 0 bridgehead atoms. The van der Waals surface area contributed by atoms with E-state index in [2.05, 4.69) is 18.8 Å². The topological polar surface area (TPSA) is 57.5 Å². The summed E-state index contributed by atoms with van der Waals surface area (Å²) in [5.74, 6) is 7.75. The standard InChI is InChI=1S/C27H30O3.3CH4.4H2S/c1-3-13-27(30)14-12-24-22-10-6-18-15-20(29)9-11-21(18)25(22)23(16-26(24,27)2)17-4-7-19(28)8-5-17;;;;;;;/h4-5,7-8,15,22-24,28,30H,6,9-12,14,16H2,1-2H3;3*1H4;4*1H2/t22-,23+,24-,26-,27-;;;;;;;/m0......./s1. The van der Waals surface area contributed by atoms with E-state index in [1.807, 2.05) is 25.1 Å². The molecule has 0 aliphatic heterocycles. The number of phenols is 1. The van der Waals surface area contributed by atoms with E-state index < -0.39 is 5.60 Å². The lowest BCUT2D eigenvalue weighted by Gasteiger charge is -2.53. The van der Waals surface area contributed by atoms with Gasteiger partial charge in [-0.05, 0) is 92.2 Å². The molecule has 0 radical (unpaired) electrons. The summed E-state index contributed by atoms with van der Waals surface area (Å²) < 4.78 is 0. The number of phenolic OH excluding ortho intramolecular Hbond substituents is 1. The summed E-state index contributed by atoms with van der Waals surface area (Å²) >= 11 is 0. The van der Waals surface area contributed by atoms with Gasteiger partial charge in [0.2, 0.25) is 0 Å². The fourth-order valence-electron chi connectivity index (χ4n) is 7.08. The number of fused-ring (bicyclic) bond motifs is 4. The summed E-state index contributed by atoms with van der Waals surface area (Å²) in [5.41, 5.74) is 4.13. The molecule has 0 spiro atoms. The van der Waals surface area contributed by atoms with E-state index in [1.54, 1.807) is 12.1 Å². The van der Waals surface area contributed by atoms with E-state index in [0.717, 1.165) is 38.5 Å². The smallest absolute Gasteiger partial charge is 0.156 e. The van der Waals surface area contributed by atoms with Gasteiger partial charge in [-0.1, -0.05) is 52.8 Å². The van der Waals surface area contributed by atoms with Crippen LogP contribution >= 0.6 is 54.0 Å². The Kier molecular flexibility index (Phi) is 16.5. The average Bonchev–Trinajstić information content (AvgIpc) is 2.98. The molecule has 4 aliphatic rings. The Bertz CT molecular complexity index is 1040. The lowest BCUT2D eigenvalue weighted by molar-refractivity contribution is -0.114. The van der Waals surface area contributed by atoms with E-state index in [9.17, 15) is 15.0 Å². The van der Waals surface area contributed by atoms with Gasteiger partial charge in [-0.25, -0.2) is 0 Å². The Morgan fingerprint density at radius 1 is 0.946 bits per heavy atom. The normalized spacial score (nSPS) is 30.4. The zero-order valence-electron chi connectivity index (χ0n) is 19.9. The van der Waals surface area contributed by atoms with Gasteiger partial charge in [0.15, 0.2) is 5.78 Å². The van der Waals surface area contributed by atoms with Crippen molar-refractivity contribution in [3.8, 4) is 17.6 Å². The average molecular weight is 587 g/mol. The quantitative estimate of drug-likeness (QED) is 0.337. The van der Waals surface area contributed by atoms with Crippen LogP contribution in [0.1, 0.15) is 92.6 Å². The summed E-state index contributed by atoms with van der Waals surface area (Å²) in [6.45, 7) is 4.07. The predicted molar refractivity (Wildman–Crippen MR) is 178 cm³/mol. The van der Waals surface area contributed by atoms with Crippen LogP contribution in [0.15, 0.2) is 47.1 Å². The highest BCUT2D eigenvalue weighted by molar-refractivity contribution is 7.59. The largest absolute Gasteiger partial charge is 0.508 e. The number of hydrogen-bond donors (Lipinski definition) is 2. The highest BCUT2D eigenvalue weighted by atomic mass is 32.1. The maximum atomic E-state index is 12.1. The predicted octanol–water partition coefficient (Wildman–Crippen LogP) is 7.41. The first-order valence-corrected chi connectivity index (χ1v) is 11.3. The van der Waals surface area contributed by atoms with Crippen molar-refractivity contribution < 1.29 is 15.0 Å². The van der Waals surface area contributed by atoms with Crippen molar-refractivity contribution in [1.29, 1.82) is 0 Å². The maximum absolute atomic E-state index is 12.1. The number of carbonyl (C=O) groups excluding carboxylic acids is 1. The number of allylic oxidation sites excluding steroid dienone is 4. The number of ketones is 1. The number of rotatable bonds is 1. The Hall–Kier alpha value is -0.910.